The van der Waals surface area contributed by atoms with Gasteiger partial charge in [-0.3, -0.25) is 13.6 Å². The lowest BCUT2D eigenvalue weighted by Gasteiger charge is -2.50. The van der Waals surface area contributed by atoms with Crippen molar-refractivity contribution in [2.45, 2.75) is 14.7 Å². The number of nitriles is 3. The van der Waals surface area contributed by atoms with Gasteiger partial charge in [-0.1, -0.05) is 69.6 Å². The number of phosphoric acid groups is 1. The summed E-state index contributed by atoms with van der Waals surface area (Å²) in [7, 11) is -18.5. The monoisotopic (exact) mass is 1380 g/mol. The van der Waals surface area contributed by atoms with Crippen molar-refractivity contribution in [1.82, 2.24) is 12.9 Å². The standard InChI is InChI=1S/C54H42Cl6F3N6O13PS3/c55-37-4-10-49(43(58)13-37)84(71,72)67-22-52(23-67,28-77-40-7-1-34(19-64)46(61)16-40)31-80-83(70,81-32-53(29-78-41-8-2-35(20-65)47(62)17-41)24-68(25-53)85(73,74)50-11-5-38(56)14-44(50)59)82-33-54(30-79-42-9-3-36(21-66)48(63)18-42)26-69(27-54)86(75,76)51-12-6-39(57)15-45(51)60/h1-18H,22-33H2. The molecule has 0 saturated carbocycles. The summed E-state index contributed by atoms with van der Waals surface area (Å²) in [5.41, 5.74) is -5.48. The van der Waals surface area contributed by atoms with E-state index in [0.717, 1.165) is 49.3 Å². The lowest BCUT2D eigenvalue weighted by molar-refractivity contribution is -0.0664. The molecule has 6 aromatic carbocycles. The molecule has 0 aromatic heterocycles. The Hall–Kier alpha value is -5.44. The van der Waals surface area contributed by atoms with Crippen LogP contribution in [0.3, 0.4) is 0 Å². The Bertz CT molecular complexity index is 3780. The Morgan fingerprint density at radius 3 is 0.895 bits per heavy atom. The van der Waals surface area contributed by atoms with Crippen LogP contribution >= 0.6 is 77.4 Å². The third-order valence-electron chi connectivity index (χ3n) is 14.0. The zero-order chi connectivity index (χ0) is 62.2. The summed E-state index contributed by atoms with van der Waals surface area (Å²) in [4.78, 5) is -0.992. The second kappa shape index (κ2) is 25.6. The molecule has 3 aliphatic rings. The summed E-state index contributed by atoms with van der Waals surface area (Å²) in [6, 6.07) is 26.2. The third-order valence-corrected chi connectivity index (χ3v) is 22.9. The van der Waals surface area contributed by atoms with Gasteiger partial charge in [-0.05, 0) is 91.0 Å². The maximum Gasteiger partial charge on any atom is 0.474 e. The van der Waals surface area contributed by atoms with Gasteiger partial charge in [0, 0.05) is 72.5 Å². The molecule has 32 heteroatoms. The number of nitrogens with zero attached hydrogens (tertiary/aromatic N) is 6. The second-order valence-corrected chi connectivity index (χ2v) is 30.4. The van der Waals surface area contributed by atoms with Gasteiger partial charge in [-0.15, -0.1) is 0 Å². The minimum Gasteiger partial charge on any atom is -0.493 e. The van der Waals surface area contributed by atoms with Gasteiger partial charge in [0.05, 0.1) is 87.6 Å². The molecule has 0 radical (unpaired) electrons. The summed E-state index contributed by atoms with van der Waals surface area (Å²) in [5.74, 6) is -3.17. The molecule has 3 fully saturated rings. The van der Waals surface area contributed by atoms with Crippen LogP contribution in [0.4, 0.5) is 13.2 Å². The van der Waals surface area contributed by atoms with Crippen LogP contribution in [0.5, 0.6) is 17.2 Å². The van der Waals surface area contributed by atoms with Crippen molar-refractivity contribution in [2.24, 2.45) is 16.2 Å². The van der Waals surface area contributed by atoms with Gasteiger partial charge >= 0.3 is 7.82 Å². The molecule has 9 rings (SSSR count). The topological polar surface area (TPSA) is 256 Å². The third kappa shape index (κ3) is 14.0. The predicted octanol–water partition coefficient (Wildman–Crippen LogP) is 11.4. The van der Waals surface area contributed by atoms with Gasteiger partial charge in [0.2, 0.25) is 30.1 Å². The van der Waals surface area contributed by atoms with Gasteiger partial charge in [0.1, 0.15) is 67.6 Å². The van der Waals surface area contributed by atoms with Crippen LogP contribution in [0.2, 0.25) is 30.1 Å². The molecule has 3 heterocycles. The summed E-state index contributed by atoms with van der Waals surface area (Å²) in [6.07, 6.45) is 0. The first kappa shape index (κ1) is 65.0. The van der Waals surface area contributed by atoms with Crippen molar-refractivity contribution in [3.8, 4) is 35.5 Å². The van der Waals surface area contributed by atoms with Crippen molar-refractivity contribution in [1.29, 1.82) is 15.8 Å². The fraction of sp³-hybridized carbons (Fsp3) is 0.278. The number of benzene rings is 6. The number of hydrogen-bond donors (Lipinski definition) is 0. The molecule has 3 aliphatic heterocycles. The van der Waals surface area contributed by atoms with Crippen LogP contribution in [-0.4, -0.2) is 117 Å². The number of hydrogen-bond acceptors (Lipinski definition) is 16. The fourth-order valence-electron chi connectivity index (χ4n) is 9.26. The first-order valence-corrected chi connectivity index (χ1v) is 33.0. The Balaban J connectivity index is 1.07. The van der Waals surface area contributed by atoms with E-state index in [4.69, 9.17) is 97.4 Å². The average Bonchev–Trinajstić information content (AvgIpc) is 0.776. The Morgan fingerprint density at radius 2 is 0.674 bits per heavy atom. The molecule has 0 spiro atoms. The molecule has 6 aromatic rings. The molecule has 3 saturated heterocycles. The lowest BCUT2D eigenvalue weighted by atomic mass is 9.83. The lowest BCUT2D eigenvalue weighted by Crippen LogP contribution is -2.63. The van der Waals surface area contributed by atoms with E-state index in [1.54, 1.807) is 18.2 Å². The zero-order valence-electron chi connectivity index (χ0n) is 43.9. The van der Waals surface area contributed by atoms with Crippen molar-refractivity contribution in [3.63, 3.8) is 0 Å². The highest BCUT2D eigenvalue weighted by molar-refractivity contribution is 7.90. The second-order valence-electron chi connectivity index (χ2n) is 20.4. The highest BCUT2D eigenvalue weighted by Gasteiger charge is 2.56. The van der Waals surface area contributed by atoms with E-state index < -0.39 is 150 Å². The van der Waals surface area contributed by atoms with Crippen LogP contribution < -0.4 is 14.2 Å². The van der Waals surface area contributed by atoms with E-state index in [2.05, 4.69) is 0 Å². The molecule has 0 amide bonds. The number of phosphoric ester groups is 1. The van der Waals surface area contributed by atoms with E-state index in [1.165, 1.54) is 72.8 Å². The molecule has 452 valence electrons. The summed E-state index contributed by atoms with van der Waals surface area (Å²) < 4.78 is 185. The van der Waals surface area contributed by atoms with Crippen LogP contribution in [0.15, 0.2) is 124 Å². The Labute approximate surface area is 522 Å². The molecular formula is C54H42Cl6F3N6O13PS3. The van der Waals surface area contributed by atoms with Gasteiger partial charge in [-0.2, -0.15) is 28.7 Å². The number of rotatable bonds is 24. The fourth-order valence-corrected chi connectivity index (χ4v) is 18.0. The van der Waals surface area contributed by atoms with E-state index in [9.17, 15) is 54.2 Å². The van der Waals surface area contributed by atoms with E-state index in [1.807, 2.05) is 0 Å². The summed E-state index contributed by atoms with van der Waals surface area (Å²) in [6.45, 7) is -6.45. The minimum atomic E-state index is -5.25. The smallest absolute Gasteiger partial charge is 0.474 e. The Morgan fingerprint density at radius 1 is 0.419 bits per heavy atom. The predicted molar refractivity (Wildman–Crippen MR) is 308 cm³/mol. The molecule has 0 aliphatic carbocycles. The number of ether oxygens (including phenoxy) is 3. The van der Waals surface area contributed by atoms with Gasteiger partial charge < -0.3 is 14.2 Å². The molecule has 19 nitrogen and oxygen atoms in total. The minimum absolute atomic E-state index is 0.111. The molecular weight excluding hydrogens is 1340 g/mol. The maximum atomic E-state index is 15.8. The van der Waals surface area contributed by atoms with Crippen molar-refractivity contribution in [2.75, 3.05) is 78.9 Å². The molecule has 0 N–H and O–H groups in total. The molecule has 0 atom stereocenters. The summed E-state index contributed by atoms with van der Waals surface area (Å²) in [5, 5.41) is 27.8. The Kier molecular flexibility index (Phi) is 19.3. The van der Waals surface area contributed by atoms with Crippen LogP contribution in [0.1, 0.15) is 16.7 Å². The molecule has 86 heavy (non-hydrogen) atoms. The van der Waals surface area contributed by atoms with E-state index >= 15 is 4.57 Å². The first-order valence-electron chi connectivity index (χ1n) is 24.9. The largest absolute Gasteiger partial charge is 0.493 e. The van der Waals surface area contributed by atoms with Gasteiger partial charge in [0.15, 0.2) is 0 Å². The van der Waals surface area contributed by atoms with Crippen molar-refractivity contribution in [3.05, 3.63) is 173 Å². The van der Waals surface area contributed by atoms with Crippen molar-refractivity contribution >= 4 is 107 Å². The average molecular weight is 1380 g/mol. The normalized spacial score (nSPS) is 16.8. The first-order chi connectivity index (χ1) is 40.5. The maximum absolute atomic E-state index is 15.8. The van der Waals surface area contributed by atoms with Gasteiger partial charge in [0.25, 0.3) is 0 Å². The van der Waals surface area contributed by atoms with Crippen molar-refractivity contribution < 1.29 is 70.8 Å². The number of halogens is 9. The molecule has 0 unspecified atom stereocenters. The quantitative estimate of drug-likeness (QED) is 0.0510. The highest BCUT2D eigenvalue weighted by Crippen LogP contribution is 2.56. The van der Waals surface area contributed by atoms with E-state index in [0.29, 0.717) is 0 Å². The van der Waals surface area contributed by atoms with Crippen LogP contribution in [0.25, 0.3) is 0 Å². The number of sulfonamides is 3. The molecule has 0 bridgehead atoms. The SMILES string of the molecule is N#Cc1ccc(OCC2(COP(=O)(OCC3(COc4ccc(C#N)c(F)c4)CN(S(=O)(=O)c4ccc(Cl)cc4Cl)C3)OCC3(COc4ccc(C#N)c(F)c4)CN(S(=O)(=O)c4ccc(Cl)cc4Cl)C3)CN(S(=O)(=O)c3ccc(Cl)cc3Cl)C2)cc1F. The summed E-state index contributed by atoms with van der Waals surface area (Å²) >= 11 is 37.3. The van der Waals surface area contributed by atoms with E-state index in [-0.39, 0.29) is 78.8 Å². The highest BCUT2D eigenvalue weighted by atomic mass is 35.5. The van der Waals surface area contributed by atoms with Crippen LogP contribution in [0, 0.1) is 67.7 Å². The van der Waals surface area contributed by atoms with Gasteiger partial charge in [-0.25, -0.2) is 43.0 Å². The zero-order valence-corrected chi connectivity index (χ0v) is 51.8. The van der Waals surface area contributed by atoms with Crippen LogP contribution in [-0.2, 0) is 48.2 Å².